The van der Waals surface area contributed by atoms with Crippen molar-refractivity contribution in [1.29, 1.82) is 0 Å². The van der Waals surface area contributed by atoms with E-state index in [4.69, 9.17) is 9.47 Å². The number of hydrogen-bond donors (Lipinski definition) is 4. The van der Waals surface area contributed by atoms with Gasteiger partial charge in [0.15, 0.2) is 0 Å². The molecule has 2 aromatic carbocycles. The summed E-state index contributed by atoms with van der Waals surface area (Å²) in [6, 6.07) is 12.7. The molecule has 0 saturated carbocycles. The molecule has 43 heavy (non-hydrogen) atoms. The summed E-state index contributed by atoms with van der Waals surface area (Å²) in [5.41, 5.74) is 0.375. The highest BCUT2D eigenvalue weighted by atomic mass is 32.1. The van der Waals surface area contributed by atoms with Crippen LogP contribution in [-0.2, 0) is 30.3 Å². The zero-order valence-corrected chi connectivity index (χ0v) is 26.9. The molecule has 3 N–H and O–H groups in total. The molecule has 3 atom stereocenters. The van der Waals surface area contributed by atoms with Crippen molar-refractivity contribution in [2.75, 3.05) is 18.9 Å². The van der Waals surface area contributed by atoms with Crippen molar-refractivity contribution >= 4 is 36.5 Å². The number of nitrogens with zero attached hydrogens (tertiary/aromatic N) is 1. The molecule has 10 nitrogen and oxygen atoms in total. The standard InChI is InChI=1S/C32H45N3O7S/c1-21-13-11-12-16-23(21)26(35(17-18-36)28(38)25(20-43)34-30(40)42-32(5,6)7)27(37)33-24(29(39)41-31(2,3)4)19-22-14-9-8-10-15-22/h8-16,24-26,36,43H,17-20H2,1-7H3,(H,33,37)(H,34,40). The number of esters is 1. The van der Waals surface area contributed by atoms with Crippen LogP contribution in [0.4, 0.5) is 4.79 Å². The molecular formula is C32H45N3O7S. The molecular weight excluding hydrogens is 570 g/mol. The summed E-state index contributed by atoms with van der Waals surface area (Å²) in [7, 11) is 0. The minimum atomic E-state index is -1.26. The molecule has 0 aromatic heterocycles. The third-order valence-corrected chi connectivity index (χ3v) is 6.49. The van der Waals surface area contributed by atoms with Crippen molar-refractivity contribution in [1.82, 2.24) is 15.5 Å². The first-order chi connectivity index (χ1) is 20.1. The fourth-order valence-electron chi connectivity index (χ4n) is 4.32. The van der Waals surface area contributed by atoms with Gasteiger partial charge in [-0.25, -0.2) is 9.59 Å². The normalized spacial score (nSPS) is 13.7. The molecule has 3 unspecified atom stereocenters. The molecule has 0 fully saturated rings. The Kier molecular flexibility index (Phi) is 13.1. The van der Waals surface area contributed by atoms with E-state index < -0.39 is 59.8 Å². The number of aryl methyl sites for hydroxylation is 1. The number of hydrogen-bond acceptors (Lipinski definition) is 8. The molecule has 3 amide bonds. The van der Waals surface area contributed by atoms with E-state index in [1.807, 2.05) is 30.3 Å². The van der Waals surface area contributed by atoms with Crippen LogP contribution in [0.15, 0.2) is 54.6 Å². The number of amides is 3. The molecule has 0 saturated heterocycles. The SMILES string of the molecule is Cc1ccccc1C(C(=O)NC(Cc1ccccc1)C(=O)OC(C)(C)C)N(CCO)C(=O)C(CS)NC(=O)OC(C)(C)C. The topological polar surface area (TPSA) is 134 Å². The predicted octanol–water partition coefficient (Wildman–Crippen LogP) is 3.75. The Morgan fingerprint density at radius 3 is 1.98 bits per heavy atom. The maximum absolute atomic E-state index is 14.2. The van der Waals surface area contributed by atoms with Crippen LogP contribution in [0, 0.1) is 6.92 Å². The van der Waals surface area contributed by atoms with Crippen LogP contribution >= 0.6 is 12.6 Å². The van der Waals surface area contributed by atoms with Crippen molar-refractivity contribution in [3.63, 3.8) is 0 Å². The number of carbonyl (C=O) groups excluding carboxylic acids is 4. The quantitative estimate of drug-likeness (QED) is 0.211. The number of aliphatic hydroxyl groups excluding tert-OH is 1. The molecule has 0 aliphatic rings. The summed E-state index contributed by atoms with van der Waals surface area (Å²) >= 11 is 4.27. The zero-order chi connectivity index (χ0) is 32.4. The summed E-state index contributed by atoms with van der Waals surface area (Å²) in [5.74, 6) is -2.04. The Labute approximate surface area is 259 Å². The van der Waals surface area contributed by atoms with Gasteiger partial charge < -0.3 is 30.1 Å². The Bertz CT molecular complexity index is 1240. The molecule has 236 valence electrons. The highest BCUT2D eigenvalue weighted by Crippen LogP contribution is 2.26. The number of aliphatic hydroxyl groups is 1. The summed E-state index contributed by atoms with van der Waals surface area (Å²) in [6.07, 6.45) is -0.677. The van der Waals surface area contributed by atoms with E-state index in [1.54, 1.807) is 72.7 Å². The summed E-state index contributed by atoms with van der Waals surface area (Å²) < 4.78 is 10.9. The highest BCUT2D eigenvalue weighted by Gasteiger charge is 2.38. The maximum atomic E-state index is 14.2. The van der Waals surface area contributed by atoms with Crippen LogP contribution in [0.1, 0.15) is 64.3 Å². The average molecular weight is 616 g/mol. The number of alkyl carbamates (subject to hydrolysis) is 1. The van der Waals surface area contributed by atoms with E-state index in [9.17, 15) is 24.3 Å². The van der Waals surface area contributed by atoms with Crippen LogP contribution in [0.25, 0.3) is 0 Å². The first-order valence-electron chi connectivity index (χ1n) is 14.2. The Balaban J connectivity index is 2.53. The van der Waals surface area contributed by atoms with Gasteiger partial charge in [-0.05, 0) is 65.2 Å². The van der Waals surface area contributed by atoms with Gasteiger partial charge in [0.2, 0.25) is 11.8 Å². The summed E-state index contributed by atoms with van der Waals surface area (Å²) in [4.78, 5) is 55.1. The summed E-state index contributed by atoms with van der Waals surface area (Å²) in [6.45, 7) is 11.4. The average Bonchev–Trinajstić information content (AvgIpc) is 2.90. The van der Waals surface area contributed by atoms with Gasteiger partial charge in [0, 0.05) is 18.7 Å². The van der Waals surface area contributed by atoms with E-state index >= 15 is 0 Å². The second-order valence-electron chi connectivity index (χ2n) is 12.2. The lowest BCUT2D eigenvalue weighted by Gasteiger charge is -2.35. The predicted molar refractivity (Wildman–Crippen MR) is 168 cm³/mol. The first kappa shape index (κ1) is 35.6. The Hall–Kier alpha value is -3.57. The highest BCUT2D eigenvalue weighted by molar-refractivity contribution is 7.80. The molecule has 0 bridgehead atoms. The van der Waals surface area contributed by atoms with Gasteiger partial charge >= 0.3 is 12.1 Å². The number of carbonyl (C=O) groups is 4. The largest absolute Gasteiger partial charge is 0.458 e. The molecule has 0 heterocycles. The monoisotopic (exact) mass is 615 g/mol. The fraction of sp³-hybridized carbons (Fsp3) is 0.500. The van der Waals surface area contributed by atoms with Gasteiger partial charge in [-0.15, -0.1) is 0 Å². The Morgan fingerprint density at radius 1 is 0.860 bits per heavy atom. The molecule has 0 radical (unpaired) electrons. The molecule has 0 aliphatic carbocycles. The lowest BCUT2D eigenvalue weighted by molar-refractivity contribution is -0.159. The van der Waals surface area contributed by atoms with E-state index in [2.05, 4.69) is 23.3 Å². The van der Waals surface area contributed by atoms with Gasteiger partial charge in [-0.1, -0.05) is 54.6 Å². The van der Waals surface area contributed by atoms with Crippen LogP contribution in [-0.4, -0.2) is 76.1 Å². The lowest BCUT2D eigenvalue weighted by atomic mass is 9.97. The second kappa shape index (κ2) is 15.8. The van der Waals surface area contributed by atoms with Gasteiger partial charge in [0.1, 0.15) is 29.3 Å². The van der Waals surface area contributed by atoms with Crippen molar-refractivity contribution in [2.24, 2.45) is 0 Å². The van der Waals surface area contributed by atoms with E-state index in [0.717, 1.165) is 5.56 Å². The second-order valence-corrected chi connectivity index (χ2v) is 12.5. The third-order valence-electron chi connectivity index (χ3n) is 6.13. The lowest BCUT2D eigenvalue weighted by Crippen LogP contribution is -2.56. The van der Waals surface area contributed by atoms with Gasteiger partial charge in [0.05, 0.1) is 6.61 Å². The number of benzene rings is 2. The number of nitrogens with one attached hydrogen (secondary N) is 2. The Morgan fingerprint density at radius 2 is 1.44 bits per heavy atom. The maximum Gasteiger partial charge on any atom is 0.408 e. The van der Waals surface area contributed by atoms with Crippen LogP contribution in [0.5, 0.6) is 0 Å². The van der Waals surface area contributed by atoms with Crippen LogP contribution in [0.2, 0.25) is 0 Å². The fourth-order valence-corrected chi connectivity index (χ4v) is 4.57. The minimum Gasteiger partial charge on any atom is -0.458 e. The van der Waals surface area contributed by atoms with E-state index in [-0.39, 0.29) is 18.7 Å². The van der Waals surface area contributed by atoms with Gasteiger partial charge in [0.25, 0.3) is 0 Å². The number of ether oxygens (including phenoxy) is 2. The van der Waals surface area contributed by atoms with E-state index in [0.29, 0.717) is 11.1 Å². The zero-order valence-electron chi connectivity index (χ0n) is 26.0. The van der Waals surface area contributed by atoms with Gasteiger partial charge in [-0.3, -0.25) is 9.59 Å². The van der Waals surface area contributed by atoms with E-state index in [1.165, 1.54) is 4.90 Å². The molecule has 2 aromatic rings. The van der Waals surface area contributed by atoms with Crippen molar-refractivity contribution in [3.05, 3.63) is 71.3 Å². The van der Waals surface area contributed by atoms with Crippen molar-refractivity contribution in [3.8, 4) is 0 Å². The van der Waals surface area contributed by atoms with Crippen LogP contribution < -0.4 is 10.6 Å². The smallest absolute Gasteiger partial charge is 0.408 e. The molecule has 0 spiro atoms. The molecule has 0 aliphatic heterocycles. The minimum absolute atomic E-state index is 0.101. The number of thiol groups is 1. The van der Waals surface area contributed by atoms with Crippen LogP contribution in [0.3, 0.4) is 0 Å². The van der Waals surface area contributed by atoms with Crippen molar-refractivity contribution < 1.29 is 33.8 Å². The molecule has 11 heteroatoms. The first-order valence-corrected chi connectivity index (χ1v) is 14.8. The number of rotatable bonds is 12. The third kappa shape index (κ3) is 11.6. The molecule has 2 rings (SSSR count). The summed E-state index contributed by atoms with van der Waals surface area (Å²) in [5, 5.41) is 15.3. The van der Waals surface area contributed by atoms with Crippen molar-refractivity contribution in [2.45, 2.75) is 84.2 Å². The van der Waals surface area contributed by atoms with Gasteiger partial charge in [-0.2, -0.15) is 12.6 Å².